The van der Waals surface area contributed by atoms with E-state index in [4.69, 9.17) is 4.74 Å². The number of anilines is 2. The Labute approximate surface area is 184 Å². The number of nitrogens with one attached hydrogen (secondary N) is 2. The van der Waals surface area contributed by atoms with Gasteiger partial charge in [-0.15, -0.1) is 11.8 Å². The van der Waals surface area contributed by atoms with Crippen LogP contribution in [0.3, 0.4) is 0 Å². The maximum atomic E-state index is 13.0. The second kappa shape index (κ2) is 9.06. The molecule has 0 fully saturated rings. The minimum absolute atomic E-state index is 0.123. The molecule has 0 aromatic heterocycles. The Morgan fingerprint density at radius 2 is 1.77 bits per heavy atom. The van der Waals surface area contributed by atoms with Crippen LogP contribution in [-0.4, -0.2) is 23.5 Å². The van der Waals surface area contributed by atoms with Gasteiger partial charge in [0, 0.05) is 16.1 Å². The highest BCUT2D eigenvalue weighted by molar-refractivity contribution is 8.00. The van der Waals surface area contributed by atoms with Crippen molar-refractivity contribution >= 4 is 40.9 Å². The van der Waals surface area contributed by atoms with E-state index in [-0.39, 0.29) is 11.5 Å². The summed E-state index contributed by atoms with van der Waals surface area (Å²) >= 11 is 1.41. The van der Waals surface area contributed by atoms with E-state index in [2.05, 4.69) is 10.6 Å². The molecule has 0 saturated heterocycles. The number of ether oxygens (including phenoxy) is 1. The Kier molecular flexibility index (Phi) is 6.04. The Hall–Kier alpha value is -3.58. The summed E-state index contributed by atoms with van der Waals surface area (Å²) in [6, 6.07) is 21.2. The van der Waals surface area contributed by atoms with Crippen molar-refractivity contribution in [3.8, 4) is 0 Å². The van der Waals surface area contributed by atoms with E-state index in [1.807, 2.05) is 25.1 Å². The van der Waals surface area contributed by atoms with Gasteiger partial charge in [0.1, 0.15) is 0 Å². The van der Waals surface area contributed by atoms with Gasteiger partial charge in [-0.25, -0.2) is 4.79 Å². The van der Waals surface area contributed by atoms with Crippen molar-refractivity contribution in [1.82, 2.24) is 0 Å². The number of carbonyl (C=O) groups is 3. The highest BCUT2D eigenvalue weighted by atomic mass is 32.2. The lowest BCUT2D eigenvalue weighted by Gasteiger charge is -2.20. The molecule has 6 nitrogen and oxygen atoms in total. The van der Waals surface area contributed by atoms with E-state index in [0.717, 1.165) is 10.5 Å². The standard InChI is InChI=1S/C24H20N2O4S/c1-15-7-10-18(11-8-15)25-23(28)22(16-5-3-2-4-6-16)30-24(29)17-9-12-20-19(13-17)26-21(27)14-31-20/h2-13,22H,14H2,1H3,(H,25,28)(H,26,27). The van der Waals surface area contributed by atoms with Crippen LogP contribution in [0.4, 0.5) is 11.4 Å². The van der Waals surface area contributed by atoms with Gasteiger partial charge in [0.25, 0.3) is 5.91 Å². The maximum absolute atomic E-state index is 13.0. The molecule has 3 aromatic rings. The van der Waals surface area contributed by atoms with Crippen molar-refractivity contribution in [3.05, 3.63) is 89.5 Å². The Morgan fingerprint density at radius 3 is 2.52 bits per heavy atom. The molecule has 7 heteroatoms. The summed E-state index contributed by atoms with van der Waals surface area (Å²) in [7, 11) is 0. The van der Waals surface area contributed by atoms with Crippen LogP contribution in [0.25, 0.3) is 0 Å². The number of thioether (sulfide) groups is 1. The first-order valence-electron chi connectivity index (χ1n) is 9.70. The molecule has 156 valence electrons. The zero-order valence-corrected chi connectivity index (χ0v) is 17.6. The van der Waals surface area contributed by atoms with Gasteiger partial charge in [0.05, 0.1) is 17.0 Å². The number of fused-ring (bicyclic) bond motifs is 1. The van der Waals surface area contributed by atoms with Gasteiger partial charge in [-0.05, 0) is 37.3 Å². The van der Waals surface area contributed by atoms with Crippen LogP contribution in [-0.2, 0) is 14.3 Å². The molecule has 0 radical (unpaired) electrons. The van der Waals surface area contributed by atoms with Gasteiger partial charge in [-0.1, -0.05) is 48.0 Å². The van der Waals surface area contributed by atoms with Crippen molar-refractivity contribution < 1.29 is 19.1 Å². The van der Waals surface area contributed by atoms with Crippen LogP contribution in [0.1, 0.15) is 27.6 Å². The molecule has 4 rings (SSSR count). The first-order valence-corrected chi connectivity index (χ1v) is 10.7. The van der Waals surface area contributed by atoms with Gasteiger partial charge >= 0.3 is 5.97 Å². The zero-order chi connectivity index (χ0) is 21.8. The van der Waals surface area contributed by atoms with E-state index in [9.17, 15) is 14.4 Å². The first-order chi connectivity index (χ1) is 15.0. The second-order valence-electron chi connectivity index (χ2n) is 7.10. The molecule has 1 heterocycles. The number of hydrogen-bond donors (Lipinski definition) is 2. The number of rotatable bonds is 5. The summed E-state index contributed by atoms with van der Waals surface area (Å²) in [5, 5.41) is 5.56. The third kappa shape index (κ3) is 4.95. The molecule has 1 aliphatic rings. The van der Waals surface area contributed by atoms with Crippen LogP contribution < -0.4 is 10.6 Å². The van der Waals surface area contributed by atoms with Gasteiger partial charge in [-0.2, -0.15) is 0 Å². The maximum Gasteiger partial charge on any atom is 0.339 e. The molecule has 1 aliphatic heterocycles. The molecular formula is C24H20N2O4S. The van der Waals surface area contributed by atoms with Crippen molar-refractivity contribution in [2.45, 2.75) is 17.9 Å². The van der Waals surface area contributed by atoms with Crippen molar-refractivity contribution in [1.29, 1.82) is 0 Å². The molecule has 0 saturated carbocycles. The average Bonchev–Trinajstić information content (AvgIpc) is 2.78. The summed E-state index contributed by atoms with van der Waals surface area (Å²) in [6.45, 7) is 1.96. The van der Waals surface area contributed by atoms with Gasteiger partial charge in [-0.3, -0.25) is 9.59 Å². The Balaban J connectivity index is 1.57. The van der Waals surface area contributed by atoms with E-state index in [1.165, 1.54) is 11.8 Å². The molecule has 1 atom stereocenters. The van der Waals surface area contributed by atoms with Gasteiger partial charge < -0.3 is 15.4 Å². The molecular weight excluding hydrogens is 412 g/mol. The average molecular weight is 433 g/mol. The monoisotopic (exact) mass is 432 g/mol. The number of aryl methyl sites for hydroxylation is 1. The number of benzene rings is 3. The largest absolute Gasteiger partial charge is 0.444 e. The number of hydrogen-bond acceptors (Lipinski definition) is 5. The van der Waals surface area contributed by atoms with Crippen LogP contribution in [0.5, 0.6) is 0 Å². The first kappa shape index (κ1) is 20.7. The highest BCUT2D eigenvalue weighted by Crippen LogP contribution is 2.32. The molecule has 2 N–H and O–H groups in total. The van der Waals surface area contributed by atoms with E-state index in [1.54, 1.807) is 54.6 Å². The summed E-state index contributed by atoms with van der Waals surface area (Å²) in [6.07, 6.45) is -1.13. The molecule has 0 aliphatic carbocycles. The molecule has 1 unspecified atom stereocenters. The van der Waals surface area contributed by atoms with Crippen LogP contribution in [0.15, 0.2) is 77.7 Å². The van der Waals surface area contributed by atoms with Gasteiger partial charge in [0.15, 0.2) is 0 Å². The zero-order valence-electron chi connectivity index (χ0n) is 16.8. The second-order valence-corrected chi connectivity index (χ2v) is 8.12. The smallest absolute Gasteiger partial charge is 0.339 e. The minimum atomic E-state index is -1.13. The molecule has 3 aromatic carbocycles. The normalized spacial score (nSPS) is 13.5. The Morgan fingerprint density at radius 1 is 1.03 bits per heavy atom. The SMILES string of the molecule is Cc1ccc(NC(=O)C(OC(=O)c2ccc3c(c2)NC(=O)CS3)c2ccccc2)cc1. The fraction of sp³-hybridized carbons (Fsp3) is 0.125. The van der Waals surface area contributed by atoms with E-state index >= 15 is 0 Å². The molecule has 31 heavy (non-hydrogen) atoms. The van der Waals surface area contributed by atoms with E-state index < -0.39 is 18.0 Å². The summed E-state index contributed by atoms with van der Waals surface area (Å²) < 4.78 is 5.63. The fourth-order valence-electron chi connectivity index (χ4n) is 3.13. The minimum Gasteiger partial charge on any atom is -0.444 e. The summed E-state index contributed by atoms with van der Waals surface area (Å²) in [5.41, 5.74) is 3.06. The number of amides is 2. The van der Waals surface area contributed by atoms with Crippen molar-refractivity contribution in [2.75, 3.05) is 16.4 Å². The predicted octanol–water partition coefficient (Wildman–Crippen LogP) is 4.58. The van der Waals surface area contributed by atoms with E-state index in [0.29, 0.717) is 22.7 Å². The lowest BCUT2D eigenvalue weighted by Crippen LogP contribution is -2.26. The highest BCUT2D eigenvalue weighted by Gasteiger charge is 2.26. The summed E-state index contributed by atoms with van der Waals surface area (Å²) in [4.78, 5) is 38.4. The number of esters is 1. The topological polar surface area (TPSA) is 84.5 Å². The van der Waals surface area contributed by atoms with Gasteiger partial charge in [0.2, 0.25) is 12.0 Å². The van der Waals surface area contributed by atoms with Crippen molar-refractivity contribution in [3.63, 3.8) is 0 Å². The van der Waals surface area contributed by atoms with Crippen LogP contribution >= 0.6 is 11.8 Å². The molecule has 0 spiro atoms. The Bertz CT molecular complexity index is 1130. The van der Waals surface area contributed by atoms with Crippen LogP contribution in [0.2, 0.25) is 0 Å². The number of carbonyl (C=O) groups excluding carboxylic acids is 3. The predicted molar refractivity (Wildman–Crippen MR) is 120 cm³/mol. The van der Waals surface area contributed by atoms with Crippen LogP contribution in [0, 0.1) is 6.92 Å². The van der Waals surface area contributed by atoms with Crippen molar-refractivity contribution in [2.24, 2.45) is 0 Å². The lowest BCUT2D eigenvalue weighted by molar-refractivity contribution is -0.125. The fourth-order valence-corrected chi connectivity index (χ4v) is 3.92. The molecule has 2 amide bonds. The third-order valence-corrected chi connectivity index (χ3v) is 5.81. The molecule has 0 bridgehead atoms. The quantitative estimate of drug-likeness (QED) is 0.577. The lowest BCUT2D eigenvalue weighted by atomic mass is 10.1. The summed E-state index contributed by atoms with van der Waals surface area (Å²) in [5.74, 6) is -0.889. The third-order valence-electron chi connectivity index (χ3n) is 4.73.